The Bertz CT molecular complexity index is 351. The molecule has 0 bridgehead atoms. The molecule has 0 aliphatic heterocycles. The van der Waals surface area contributed by atoms with E-state index in [0.717, 1.165) is 0 Å². The summed E-state index contributed by atoms with van der Waals surface area (Å²) in [4.78, 5) is 24.2. The normalized spacial score (nSPS) is 7.28. The zero-order valence-corrected chi connectivity index (χ0v) is 10.1. The van der Waals surface area contributed by atoms with E-state index >= 15 is 0 Å². The second-order valence-electron chi connectivity index (χ2n) is 2.74. The molecule has 98 valence electrons. The molecule has 6 nitrogen and oxygen atoms in total. The van der Waals surface area contributed by atoms with Gasteiger partial charge in [-0.2, -0.15) is 9.98 Å². The van der Waals surface area contributed by atoms with Crippen LogP contribution in [0.4, 0.5) is 0 Å². The van der Waals surface area contributed by atoms with Crippen LogP contribution in [0, 0.1) is 6.92 Å². The first-order valence-electron chi connectivity index (χ1n) is 5.03. The van der Waals surface area contributed by atoms with Crippen LogP contribution in [0.2, 0.25) is 0 Å². The van der Waals surface area contributed by atoms with Crippen LogP contribution in [-0.2, 0) is 9.59 Å². The minimum absolute atomic E-state index is 0.125. The Hall–Kier alpha value is -2.10. The smallest absolute Gasteiger partial charge is 0.236 e. The summed E-state index contributed by atoms with van der Waals surface area (Å²) in [5.41, 5.74) is 1.32. The van der Waals surface area contributed by atoms with E-state index in [1.165, 1.54) is 17.7 Å². The third-order valence-electron chi connectivity index (χ3n) is 1.31. The van der Waals surface area contributed by atoms with Gasteiger partial charge in [0, 0.05) is 0 Å². The molecule has 6 heteroatoms. The highest BCUT2D eigenvalue weighted by Gasteiger charge is 1.72. The molecule has 0 fully saturated rings. The predicted molar refractivity (Wildman–Crippen MR) is 66.5 cm³/mol. The molecule has 0 spiro atoms. The molecule has 0 saturated heterocycles. The first-order valence-corrected chi connectivity index (χ1v) is 5.03. The molecule has 0 aliphatic rings. The van der Waals surface area contributed by atoms with Crippen molar-refractivity contribution in [1.82, 2.24) is 0 Å². The third-order valence-corrected chi connectivity index (χ3v) is 1.31. The molecule has 0 heterocycles. The summed E-state index contributed by atoms with van der Waals surface area (Å²) in [5, 5.41) is 15.2. The van der Waals surface area contributed by atoms with Crippen LogP contribution in [0.25, 0.3) is 0 Å². The van der Waals surface area contributed by atoms with Crippen molar-refractivity contribution in [3.63, 3.8) is 0 Å². The van der Waals surface area contributed by atoms with Gasteiger partial charge in [-0.1, -0.05) is 35.9 Å². The highest BCUT2D eigenvalue weighted by molar-refractivity contribution is 5.35. The van der Waals surface area contributed by atoms with Crippen molar-refractivity contribution in [3.8, 4) is 0 Å². The number of benzene rings is 1. The van der Waals surface area contributed by atoms with Crippen molar-refractivity contribution < 1.29 is 19.8 Å². The van der Waals surface area contributed by atoms with E-state index in [9.17, 15) is 9.59 Å². The van der Waals surface area contributed by atoms with Crippen LogP contribution in [-0.4, -0.2) is 42.3 Å². The van der Waals surface area contributed by atoms with Gasteiger partial charge in [-0.3, -0.25) is 0 Å². The SMILES string of the molecule is Cc1ccccc1.O=C=NCN=C=O.OCCO. The number of aliphatic hydroxyl groups is 2. The number of isocyanates is 2. The molecular weight excluding hydrogens is 236 g/mol. The molecule has 0 aromatic heterocycles. The van der Waals surface area contributed by atoms with Gasteiger partial charge in [0.05, 0.1) is 13.2 Å². The van der Waals surface area contributed by atoms with Crippen molar-refractivity contribution >= 4 is 12.2 Å². The number of aryl methyl sites for hydroxylation is 1. The fourth-order valence-electron chi connectivity index (χ4n) is 0.627. The summed E-state index contributed by atoms with van der Waals surface area (Å²) in [6.45, 7) is 1.67. The molecule has 1 aromatic carbocycles. The zero-order chi connectivity index (χ0) is 14.1. The molecule has 0 radical (unpaired) electrons. The Balaban J connectivity index is 0. The van der Waals surface area contributed by atoms with Gasteiger partial charge in [0.15, 0.2) is 6.67 Å². The van der Waals surface area contributed by atoms with E-state index in [-0.39, 0.29) is 19.9 Å². The summed E-state index contributed by atoms with van der Waals surface area (Å²) in [5.74, 6) is 0. The van der Waals surface area contributed by atoms with Gasteiger partial charge in [-0.25, -0.2) is 9.59 Å². The fourth-order valence-corrected chi connectivity index (χ4v) is 0.627. The lowest BCUT2D eigenvalue weighted by Gasteiger charge is -1.82. The number of aliphatic imine (C=N–C) groups is 2. The van der Waals surface area contributed by atoms with Crippen molar-refractivity contribution in [3.05, 3.63) is 35.9 Å². The predicted octanol–water partition coefficient (Wildman–Crippen LogP) is 0.582. The van der Waals surface area contributed by atoms with Gasteiger partial charge < -0.3 is 10.2 Å². The molecule has 18 heavy (non-hydrogen) atoms. The largest absolute Gasteiger partial charge is 0.394 e. The van der Waals surface area contributed by atoms with Crippen LogP contribution in [0.15, 0.2) is 40.3 Å². The van der Waals surface area contributed by atoms with Gasteiger partial charge in [-0.05, 0) is 6.92 Å². The molecule has 1 aromatic rings. The molecule has 0 aliphatic carbocycles. The Morgan fingerprint density at radius 2 is 1.44 bits per heavy atom. The minimum atomic E-state index is -0.160. The van der Waals surface area contributed by atoms with Crippen LogP contribution in [0.3, 0.4) is 0 Å². The van der Waals surface area contributed by atoms with E-state index in [0.29, 0.717) is 0 Å². The Morgan fingerprint density at radius 3 is 1.67 bits per heavy atom. The summed E-state index contributed by atoms with van der Waals surface area (Å²) < 4.78 is 0. The minimum Gasteiger partial charge on any atom is -0.394 e. The van der Waals surface area contributed by atoms with Crippen LogP contribution in [0.5, 0.6) is 0 Å². The first-order chi connectivity index (χ1) is 8.72. The monoisotopic (exact) mass is 252 g/mol. The quantitative estimate of drug-likeness (QED) is 0.607. The molecule has 1 rings (SSSR count). The van der Waals surface area contributed by atoms with Crippen LogP contribution >= 0.6 is 0 Å². The second-order valence-corrected chi connectivity index (χ2v) is 2.74. The average molecular weight is 252 g/mol. The number of nitrogens with zero attached hydrogens (tertiary/aromatic N) is 2. The van der Waals surface area contributed by atoms with Gasteiger partial charge in [0.2, 0.25) is 12.2 Å². The van der Waals surface area contributed by atoms with Gasteiger partial charge in [0.25, 0.3) is 0 Å². The average Bonchev–Trinajstić information content (AvgIpc) is 2.41. The highest BCUT2D eigenvalue weighted by atomic mass is 16.3. The molecular formula is C12H16N2O4. The van der Waals surface area contributed by atoms with Crippen LogP contribution in [0.1, 0.15) is 5.56 Å². The van der Waals surface area contributed by atoms with Crippen LogP contribution < -0.4 is 0 Å². The lowest BCUT2D eigenvalue weighted by Crippen LogP contribution is -1.85. The summed E-state index contributed by atoms with van der Waals surface area (Å²) in [6, 6.07) is 10.3. The Kier molecular flexibility index (Phi) is 17.6. The van der Waals surface area contributed by atoms with E-state index in [1.807, 2.05) is 18.2 Å². The zero-order valence-electron chi connectivity index (χ0n) is 10.1. The molecule has 0 amide bonds. The maximum absolute atomic E-state index is 9.20. The number of hydrogen-bond acceptors (Lipinski definition) is 6. The van der Waals surface area contributed by atoms with E-state index in [4.69, 9.17) is 10.2 Å². The number of carbonyl (C=O) groups excluding carboxylic acids is 2. The van der Waals surface area contributed by atoms with Gasteiger partial charge in [-0.15, -0.1) is 0 Å². The first kappa shape index (κ1) is 18.3. The van der Waals surface area contributed by atoms with E-state index < -0.39 is 0 Å². The van der Waals surface area contributed by atoms with Gasteiger partial charge >= 0.3 is 0 Å². The topological polar surface area (TPSA) is 99.3 Å². The Morgan fingerprint density at radius 1 is 1.00 bits per heavy atom. The summed E-state index contributed by atoms with van der Waals surface area (Å²) in [7, 11) is 0. The van der Waals surface area contributed by atoms with Crippen molar-refractivity contribution in [2.45, 2.75) is 6.92 Å². The Labute approximate surface area is 105 Å². The number of aliphatic hydroxyl groups excluding tert-OH is 2. The maximum atomic E-state index is 9.20. The maximum Gasteiger partial charge on any atom is 0.236 e. The summed E-state index contributed by atoms with van der Waals surface area (Å²) >= 11 is 0. The molecule has 0 unspecified atom stereocenters. The highest BCUT2D eigenvalue weighted by Crippen LogP contribution is 1.92. The second kappa shape index (κ2) is 17.3. The third kappa shape index (κ3) is 19.5. The molecule has 0 atom stereocenters. The van der Waals surface area contributed by atoms with Gasteiger partial charge in [0.1, 0.15) is 0 Å². The number of hydrogen-bond donors (Lipinski definition) is 2. The molecule has 0 saturated carbocycles. The van der Waals surface area contributed by atoms with Crippen molar-refractivity contribution in [2.75, 3.05) is 19.9 Å². The lowest BCUT2D eigenvalue weighted by atomic mass is 10.2. The van der Waals surface area contributed by atoms with E-state index in [2.05, 4.69) is 29.0 Å². The van der Waals surface area contributed by atoms with E-state index in [1.54, 1.807) is 0 Å². The van der Waals surface area contributed by atoms with Crippen molar-refractivity contribution in [1.29, 1.82) is 0 Å². The molecule has 2 N–H and O–H groups in total. The lowest BCUT2D eigenvalue weighted by molar-refractivity contribution is 0.186. The number of rotatable bonds is 3. The summed E-state index contributed by atoms with van der Waals surface area (Å²) in [6.07, 6.45) is 2.41. The fraction of sp³-hybridized carbons (Fsp3) is 0.333. The van der Waals surface area contributed by atoms with Crippen molar-refractivity contribution in [2.24, 2.45) is 9.98 Å². The standard InChI is InChI=1S/C7H8.C3H2N2O2.C2H6O2/c1-7-5-3-2-4-6-7;6-2-4-1-5-3-7;3-1-2-4/h2-6H,1H3;1H2;3-4H,1-2H2.